The average Bonchev–Trinajstić information content (AvgIpc) is 3.33. The zero-order valence-corrected chi connectivity index (χ0v) is 17.3. The van der Waals surface area contributed by atoms with Gasteiger partial charge in [-0.3, -0.25) is 9.59 Å². The van der Waals surface area contributed by atoms with E-state index in [1.165, 1.54) is 0 Å². The van der Waals surface area contributed by atoms with Gasteiger partial charge in [-0.2, -0.15) is 0 Å². The molecule has 0 aliphatic carbocycles. The molecule has 0 spiro atoms. The van der Waals surface area contributed by atoms with E-state index in [1.807, 2.05) is 0 Å². The molecule has 2 amide bonds. The first kappa shape index (κ1) is 23.1. The van der Waals surface area contributed by atoms with E-state index in [0.717, 1.165) is 6.07 Å². The van der Waals surface area contributed by atoms with Crippen LogP contribution < -0.4 is 32.5 Å². The summed E-state index contributed by atoms with van der Waals surface area (Å²) < 4.78 is 42.8. The summed E-state index contributed by atoms with van der Waals surface area (Å²) in [6.07, 6.45) is 0.336. The molecule has 1 fully saturated rings. The first-order valence-corrected chi connectivity index (χ1v) is 10.1. The Morgan fingerprint density at radius 1 is 1.06 bits per heavy atom. The highest BCUT2D eigenvalue weighted by molar-refractivity contribution is 6.59. The van der Waals surface area contributed by atoms with Gasteiger partial charge >= 0.3 is 0 Å². The van der Waals surface area contributed by atoms with Crippen LogP contribution in [0.25, 0.3) is 22.2 Å². The van der Waals surface area contributed by atoms with Gasteiger partial charge in [0.1, 0.15) is 54.9 Å². The summed E-state index contributed by atoms with van der Waals surface area (Å²) in [4.78, 5) is 27.0. The molecule has 0 bridgehead atoms. The Balaban J connectivity index is 1.80. The monoisotopic (exact) mass is 441 g/mol. The zero-order chi connectivity index (χ0) is 24.0. The van der Waals surface area contributed by atoms with Crippen molar-refractivity contribution in [2.45, 2.75) is 25.3 Å². The molecule has 5 nitrogen and oxygen atoms in total. The maximum atomic E-state index is 14.5. The smallest absolute Gasteiger partial charge is 0.242 e. The van der Waals surface area contributed by atoms with Crippen LogP contribution in [0.4, 0.5) is 13.2 Å². The number of fused-ring (bicyclic) bond motifs is 1. The number of aryl methyl sites for hydroxylation is 1. The second-order valence-corrected chi connectivity index (χ2v) is 7.83. The molecule has 0 saturated carbocycles. The third kappa shape index (κ3) is 4.07. The summed E-state index contributed by atoms with van der Waals surface area (Å²) in [5.41, 5.74) is -0.964. The minimum absolute atomic E-state index is 0.00549. The van der Waals surface area contributed by atoms with E-state index >= 15 is 0 Å². The van der Waals surface area contributed by atoms with E-state index in [9.17, 15) is 22.8 Å². The second kappa shape index (κ2) is 8.72. The molecule has 33 heavy (non-hydrogen) atoms. The van der Waals surface area contributed by atoms with Crippen LogP contribution in [0.1, 0.15) is 18.4 Å². The Hall–Kier alpha value is -3.03. The molecule has 1 aliphatic heterocycles. The second-order valence-electron chi connectivity index (χ2n) is 7.83. The van der Waals surface area contributed by atoms with E-state index < -0.39 is 40.3 Å². The summed E-state index contributed by atoms with van der Waals surface area (Å²) in [6.45, 7) is 0.459. The number of halogens is 3. The molecule has 1 aliphatic rings. The van der Waals surface area contributed by atoms with Crippen molar-refractivity contribution in [3.05, 3.63) is 35.1 Å². The summed E-state index contributed by atoms with van der Waals surface area (Å²) in [5.74, 6) is -3.42. The maximum Gasteiger partial charge on any atom is 0.242 e. The first-order valence-electron chi connectivity index (χ1n) is 10.1. The lowest BCUT2D eigenvalue weighted by Crippen LogP contribution is -2.46. The molecule has 12 heteroatoms. The highest BCUT2D eigenvalue weighted by Gasteiger charge is 2.26. The SMILES string of the molecule is [B]c1c([B])c(-c2[nH]c3c(F)cc(F)cc3c2CCC(=O)NC2CCNC2=O)c([B])c([B])c1F. The van der Waals surface area contributed by atoms with Crippen LogP contribution in [0.15, 0.2) is 12.1 Å². The van der Waals surface area contributed by atoms with Gasteiger partial charge in [0.2, 0.25) is 11.8 Å². The Kier molecular flexibility index (Phi) is 6.12. The van der Waals surface area contributed by atoms with Gasteiger partial charge in [-0.15, -0.1) is 0 Å². The number of carbonyl (C=O) groups excluding carboxylic acids is 2. The first-order chi connectivity index (χ1) is 15.6. The van der Waals surface area contributed by atoms with Crippen molar-refractivity contribution in [1.82, 2.24) is 15.6 Å². The standard InChI is InChI=1S/C21H14B4F3N3O2/c22-14-13(15(23)17(25)18(28)16(14)24)20-8(9-5-7(26)6-10(27)19(9)31-20)1-2-12(32)30-11-3-4-29-21(11)33/h5-6,11,31H,1-4H2,(H,29,33)(H,30,32). The lowest BCUT2D eigenvalue weighted by Gasteiger charge is -2.19. The highest BCUT2D eigenvalue weighted by atomic mass is 19.1. The third-order valence-corrected chi connectivity index (χ3v) is 5.76. The van der Waals surface area contributed by atoms with Crippen molar-refractivity contribution in [2.75, 3.05) is 6.54 Å². The van der Waals surface area contributed by atoms with E-state index in [4.69, 9.17) is 31.4 Å². The van der Waals surface area contributed by atoms with Gasteiger partial charge in [0.25, 0.3) is 0 Å². The molecule has 1 aromatic heterocycles. The van der Waals surface area contributed by atoms with Crippen molar-refractivity contribution in [3.63, 3.8) is 0 Å². The Bertz CT molecular complexity index is 1280. The summed E-state index contributed by atoms with van der Waals surface area (Å²) >= 11 is 0. The summed E-state index contributed by atoms with van der Waals surface area (Å²) in [6, 6.07) is 1.15. The zero-order valence-electron chi connectivity index (χ0n) is 17.3. The van der Waals surface area contributed by atoms with Crippen molar-refractivity contribution in [3.8, 4) is 11.3 Å². The van der Waals surface area contributed by atoms with Gasteiger partial charge in [-0.25, -0.2) is 13.2 Å². The van der Waals surface area contributed by atoms with Gasteiger partial charge < -0.3 is 15.6 Å². The average molecular weight is 441 g/mol. The molecule has 1 unspecified atom stereocenters. The molecular formula is C21H14B4F3N3O2. The topological polar surface area (TPSA) is 74.0 Å². The predicted molar refractivity (Wildman–Crippen MR) is 123 cm³/mol. The lowest BCUT2D eigenvalue weighted by atomic mass is 9.66. The van der Waals surface area contributed by atoms with Crippen LogP contribution in [-0.2, 0) is 16.0 Å². The largest absolute Gasteiger partial charge is 0.354 e. The fourth-order valence-corrected chi connectivity index (χ4v) is 4.05. The number of aromatic amines is 1. The van der Waals surface area contributed by atoms with Gasteiger partial charge in [0, 0.05) is 30.1 Å². The molecular weight excluding hydrogens is 426 g/mol. The minimum atomic E-state index is -0.988. The summed E-state index contributed by atoms with van der Waals surface area (Å²) in [5, 5.41) is 5.38. The number of benzene rings is 2. The van der Waals surface area contributed by atoms with Crippen LogP contribution in [-0.4, -0.2) is 60.8 Å². The van der Waals surface area contributed by atoms with Crippen LogP contribution in [0.3, 0.4) is 0 Å². The van der Waals surface area contributed by atoms with Crippen LogP contribution in [0.5, 0.6) is 0 Å². The number of nitrogens with one attached hydrogen (secondary N) is 3. The fourth-order valence-electron chi connectivity index (χ4n) is 4.05. The number of aromatic nitrogens is 1. The number of H-pyrrole nitrogens is 1. The highest BCUT2D eigenvalue weighted by Crippen LogP contribution is 2.32. The summed E-state index contributed by atoms with van der Waals surface area (Å²) in [7, 11) is 23.5. The van der Waals surface area contributed by atoms with Gasteiger partial charge in [-0.05, 0) is 30.0 Å². The number of rotatable bonds is 5. The normalized spacial score (nSPS) is 15.7. The minimum Gasteiger partial charge on any atom is -0.354 e. The predicted octanol–water partition coefficient (Wildman–Crippen LogP) is -1.64. The van der Waals surface area contributed by atoms with Crippen LogP contribution >= 0.6 is 0 Å². The molecule has 1 saturated heterocycles. The van der Waals surface area contributed by atoms with E-state index in [1.54, 1.807) is 0 Å². The molecule has 3 N–H and O–H groups in total. The molecule has 2 aromatic carbocycles. The van der Waals surface area contributed by atoms with Crippen molar-refractivity contribution in [1.29, 1.82) is 0 Å². The Labute approximate surface area is 192 Å². The quantitative estimate of drug-likeness (QED) is 0.417. The number of carbonyl (C=O) groups is 2. The number of hydrogen-bond acceptors (Lipinski definition) is 2. The number of hydrogen-bond donors (Lipinski definition) is 3. The Morgan fingerprint density at radius 3 is 2.33 bits per heavy atom. The van der Waals surface area contributed by atoms with Gasteiger partial charge in [0.05, 0.1) is 5.52 Å². The molecule has 3 aromatic rings. The molecule has 1 atom stereocenters. The van der Waals surface area contributed by atoms with E-state index in [-0.39, 0.29) is 51.8 Å². The molecule has 8 radical (unpaired) electrons. The third-order valence-electron chi connectivity index (χ3n) is 5.76. The molecule has 4 rings (SSSR count). The number of amides is 2. The molecule has 2 heterocycles. The lowest BCUT2D eigenvalue weighted by molar-refractivity contribution is -0.127. The van der Waals surface area contributed by atoms with Gasteiger partial charge in [0.15, 0.2) is 0 Å². The van der Waals surface area contributed by atoms with Crippen LogP contribution in [0.2, 0.25) is 0 Å². The van der Waals surface area contributed by atoms with Crippen molar-refractivity contribution < 1.29 is 22.8 Å². The van der Waals surface area contributed by atoms with Crippen molar-refractivity contribution in [2.24, 2.45) is 0 Å². The molecule has 158 valence electrons. The maximum absolute atomic E-state index is 14.5. The Morgan fingerprint density at radius 2 is 1.73 bits per heavy atom. The fraction of sp³-hybridized carbons (Fsp3) is 0.238. The van der Waals surface area contributed by atoms with E-state index in [2.05, 4.69) is 15.6 Å². The van der Waals surface area contributed by atoms with Crippen molar-refractivity contribution >= 4 is 76.0 Å². The van der Waals surface area contributed by atoms with Gasteiger partial charge in [-0.1, -0.05) is 21.9 Å². The van der Waals surface area contributed by atoms with Crippen LogP contribution in [0, 0.1) is 17.5 Å². The van der Waals surface area contributed by atoms with E-state index in [0.29, 0.717) is 24.6 Å².